The molecule has 0 saturated heterocycles. The van der Waals surface area contributed by atoms with Crippen LogP contribution < -0.4 is 0 Å². The molecule has 0 bridgehead atoms. The third-order valence-corrected chi connectivity index (χ3v) is 4.98. The number of aliphatic hydroxyl groups is 4. The minimum atomic E-state index is -1.76. The first-order valence-electron chi connectivity index (χ1n) is 10.6. The van der Waals surface area contributed by atoms with E-state index in [1.54, 1.807) is 0 Å². The molecule has 0 spiro atoms. The van der Waals surface area contributed by atoms with Crippen molar-refractivity contribution in [1.82, 2.24) is 0 Å². The molecular formula is C22H42O6. The Labute approximate surface area is 170 Å². The Balaban J connectivity index is 3.85. The fraction of sp³-hybridized carbons (Fsp3) is 0.864. The van der Waals surface area contributed by atoms with E-state index in [0.717, 1.165) is 18.3 Å². The molecule has 0 radical (unpaired) electrons. The number of carbonyl (C=O) groups excluding carboxylic acids is 1. The molecule has 0 rings (SSSR count). The van der Waals surface area contributed by atoms with Crippen molar-refractivity contribution in [3.63, 3.8) is 0 Å². The molecule has 0 fully saturated rings. The fourth-order valence-electron chi connectivity index (χ4n) is 3.01. The first-order valence-corrected chi connectivity index (χ1v) is 10.6. The van der Waals surface area contributed by atoms with Crippen LogP contribution in [-0.4, -0.2) is 64.3 Å². The lowest BCUT2D eigenvalue weighted by Crippen LogP contribution is -2.45. The molecule has 0 aromatic carbocycles. The van der Waals surface area contributed by atoms with Gasteiger partial charge in [-0.2, -0.15) is 0 Å². The van der Waals surface area contributed by atoms with Crippen LogP contribution in [0, 0.1) is 11.8 Å². The molecule has 0 heterocycles. The van der Waals surface area contributed by atoms with Gasteiger partial charge in [-0.1, -0.05) is 58.1 Å². The highest BCUT2D eigenvalue weighted by Gasteiger charge is 2.29. The number of hydrogen-bond acceptors (Lipinski definition) is 6. The van der Waals surface area contributed by atoms with E-state index in [0.29, 0.717) is 13.0 Å². The van der Waals surface area contributed by atoms with Crippen molar-refractivity contribution in [3.05, 3.63) is 11.6 Å². The minimum Gasteiger partial charge on any atom is -0.394 e. The summed E-state index contributed by atoms with van der Waals surface area (Å²) in [5, 5.41) is 37.0. The lowest BCUT2D eigenvalue weighted by Gasteiger charge is -2.20. The van der Waals surface area contributed by atoms with Crippen molar-refractivity contribution in [2.45, 2.75) is 91.0 Å². The number of carbonyl (C=O) groups is 1. The van der Waals surface area contributed by atoms with Gasteiger partial charge in [-0.3, -0.25) is 4.79 Å². The second-order valence-electron chi connectivity index (χ2n) is 8.37. The van der Waals surface area contributed by atoms with Crippen LogP contribution in [0.25, 0.3) is 0 Å². The van der Waals surface area contributed by atoms with Gasteiger partial charge in [0, 0.05) is 0 Å². The van der Waals surface area contributed by atoms with Gasteiger partial charge in [0.15, 0.2) is 5.78 Å². The highest BCUT2D eigenvalue weighted by atomic mass is 16.5. The maximum absolute atomic E-state index is 11.7. The summed E-state index contributed by atoms with van der Waals surface area (Å²) in [6.07, 6.45) is 5.18. The van der Waals surface area contributed by atoms with Crippen molar-refractivity contribution in [2.75, 3.05) is 19.8 Å². The molecule has 6 nitrogen and oxygen atoms in total. The van der Waals surface area contributed by atoms with Crippen LogP contribution >= 0.6 is 0 Å². The molecule has 0 saturated carbocycles. The molecule has 0 aliphatic rings. The second-order valence-corrected chi connectivity index (χ2v) is 8.37. The van der Waals surface area contributed by atoms with E-state index in [1.807, 2.05) is 0 Å². The van der Waals surface area contributed by atoms with Crippen LogP contribution in [0.2, 0.25) is 0 Å². The van der Waals surface area contributed by atoms with E-state index in [4.69, 9.17) is 9.84 Å². The van der Waals surface area contributed by atoms with Gasteiger partial charge in [-0.05, 0) is 38.0 Å². The standard InChI is InChI=1S/C22H42O6/c1-16(2)8-5-9-17(3)10-6-11-18(4)12-7-13-28-15-20(25)22(27)21(26)19(24)14-23/h12,16-17,19,21-24,26-27H,5-11,13-15H2,1-4H3/b18-12+/t17?,19-,21+,22+/m1/s1. The van der Waals surface area contributed by atoms with Gasteiger partial charge >= 0.3 is 0 Å². The summed E-state index contributed by atoms with van der Waals surface area (Å²) in [4.78, 5) is 11.7. The zero-order valence-electron chi connectivity index (χ0n) is 18.1. The average molecular weight is 403 g/mol. The Morgan fingerprint density at radius 3 is 2.29 bits per heavy atom. The second kappa shape index (κ2) is 16.1. The smallest absolute Gasteiger partial charge is 0.189 e. The van der Waals surface area contributed by atoms with Gasteiger partial charge in [0.1, 0.15) is 24.9 Å². The van der Waals surface area contributed by atoms with E-state index in [1.165, 1.54) is 37.7 Å². The largest absolute Gasteiger partial charge is 0.394 e. The van der Waals surface area contributed by atoms with Gasteiger partial charge in [0.05, 0.1) is 13.2 Å². The van der Waals surface area contributed by atoms with Crippen LogP contribution in [-0.2, 0) is 9.53 Å². The first-order chi connectivity index (χ1) is 13.2. The minimum absolute atomic E-state index is 0.336. The summed E-state index contributed by atoms with van der Waals surface area (Å²) in [7, 11) is 0. The molecule has 0 aromatic heterocycles. The molecule has 166 valence electrons. The zero-order chi connectivity index (χ0) is 21.5. The molecule has 4 N–H and O–H groups in total. The van der Waals surface area contributed by atoms with Crippen LogP contribution in [0.15, 0.2) is 11.6 Å². The number of allylic oxidation sites excluding steroid dienone is 1. The Morgan fingerprint density at radius 1 is 1.04 bits per heavy atom. The van der Waals surface area contributed by atoms with Crippen molar-refractivity contribution < 1.29 is 30.0 Å². The molecule has 0 aliphatic carbocycles. The van der Waals surface area contributed by atoms with E-state index in [9.17, 15) is 20.1 Å². The van der Waals surface area contributed by atoms with E-state index in [2.05, 4.69) is 33.8 Å². The van der Waals surface area contributed by atoms with Crippen molar-refractivity contribution in [2.24, 2.45) is 11.8 Å². The first kappa shape index (κ1) is 27.2. The highest BCUT2D eigenvalue weighted by Crippen LogP contribution is 2.19. The Bertz CT molecular complexity index is 435. The van der Waals surface area contributed by atoms with Gasteiger partial charge < -0.3 is 25.2 Å². The summed E-state index contributed by atoms with van der Waals surface area (Å²) in [5.41, 5.74) is 1.31. The van der Waals surface area contributed by atoms with E-state index < -0.39 is 30.7 Å². The monoisotopic (exact) mass is 402 g/mol. The number of ether oxygens (including phenoxy) is 1. The van der Waals surface area contributed by atoms with Crippen molar-refractivity contribution >= 4 is 5.78 Å². The maximum Gasteiger partial charge on any atom is 0.189 e. The summed E-state index contributed by atoms with van der Waals surface area (Å²) in [5.74, 6) is 0.842. The summed E-state index contributed by atoms with van der Waals surface area (Å²) in [6.45, 7) is 8.25. The molecule has 28 heavy (non-hydrogen) atoms. The molecule has 0 amide bonds. The molecule has 0 aliphatic heterocycles. The third-order valence-electron chi connectivity index (χ3n) is 4.98. The van der Waals surface area contributed by atoms with Gasteiger partial charge in [-0.15, -0.1) is 0 Å². The van der Waals surface area contributed by atoms with Crippen molar-refractivity contribution in [1.29, 1.82) is 0 Å². The van der Waals surface area contributed by atoms with Crippen LogP contribution in [0.5, 0.6) is 0 Å². The molecule has 6 heteroatoms. The summed E-state index contributed by atoms with van der Waals surface area (Å²) in [6, 6.07) is 0. The van der Waals surface area contributed by atoms with E-state index in [-0.39, 0.29) is 6.61 Å². The summed E-state index contributed by atoms with van der Waals surface area (Å²) < 4.78 is 5.23. The zero-order valence-corrected chi connectivity index (χ0v) is 18.1. The Hall–Kier alpha value is -0.790. The fourth-order valence-corrected chi connectivity index (χ4v) is 3.01. The topological polar surface area (TPSA) is 107 Å². The van der Waals surface area contributed by atoms with Crippen LogP contribution in [0.3, 0.4) is 0 Å². The number of ketones is 1. The predicted octanol–water partition coefficient (Wildman–Crippen LogP) is 2.62. The molecular weight excluding hydrogens is 360 g/mol. The Morgan fingerprint density at radius 2 is 1.68 bits per heavy atom. The third kappa shape index (κ3) is 13.4. The molecule has 1 unspecified atom stereocenters. The average Bonchev–Trinajstić information content (AvgIpc) is 2.65. The van der Waals surface area contributed by atoms with E-state index >= 15 is 0 Å². The summed E-state index contributed by atoms with van der Waals surface area (Å²) >= 11 is 0. The number of Topliss-reactive ketones (excluding diaryl/α,β-unsaturated/α-hetero) is 1. The lowest BCUT2D eigenvalue weighted by molar-refractivity contribution is -0.144. The SMILES string of the molecule is C/C(=C\CCOCC(=O)[C@H](O)[C@@H](O)[C@H](O)CO)CCCC(C)CCCC(C)C. The number of hydrogen-bond donors (Lipinski definition) is 4. The van der Waals surface area contributed by atoms with Crippen LogP contribution in [0.1, 0.15) is 72.6 Å². The number of aliphatic hydroxyl groups excluding tert-OH is 4. The highest BCUT2D eigenvalue weighted by molar-refractivity contribution is 5.84. The van der Waals surface area contributed by atoms with Gasteiger partial charge in [0.25, 0.3) is 0 Å². The lowest BCUT2D eigenvalue weighted by atomic mass is 9.94. The Kier molecular flexibility index (Phi) is 15.6. The molecule has 4 atom stereocenters. The van der Waals surface area contributed by atoms with Gasteiger partial charge in [0.2, 0.25) is 0 Å². The predicted molar refractivity (Wildman–Crippen MR) is 111 cm³/mol. The molecule has 0 aromatic rings. The quantitative estimate of drug-likeness (QED) is 0.220. The van der Waals surface area contributed by atoms with Crippen LogP contribution in [0.4, 0.5) is 0 Å². The normalized spacial score (nSPS) is 16.8. The van der Waals surface area contributed by atoms with Crippen molar-refractivity contribution in [3.8, 4) is 0 Å². The van der Waals surface area contributed by atoms with Gasteiger partial charge in [-0.25, -0.2) is 0 Å². The number of rotatable bonds is 17. The maximum atomic E-state index is 11.7.